The molecule has 1 aliphatic rings. The van der Waals surface area contributed by atoms with Crippen molar-refractivity contribution in [2.24, 2.45) is 5.92 Å². The van der Waals surface area contributed by atoms with Crippen molar-refractivity contribution >= 4 is 28.9 Å². The highest BCUT2D eigenvalue weighted by Crippen LogP contribution is 2.35. The Morgan fingerprint density at radius 1 is 1.24 bits per heavy atom. The summed E-state index contributed by atoms with van der Waals surface area (Å²) in [5.41, 5.74) is 4.26. The largest absolute Gasteiger partial charge is 0.481 e. The van der Waals surface area contributed by atoms with Crippen LogP contribution < -0.4 is 4.74 Å². The number of aromatic nitrogens is 1. The molecule has 1 saturated carbocycles. The van der Waals surface area contributed by atoms with Gasteiger partial charge in [-0.25, -0.2) is 4.98 Å². The van der Waals surface area contributed by atoms with E-state index in [0.717, 1.165) is 32.3 Å². The Morgan fingerprint density at radius 2 is 2.00 bits per heavy atom. The van der Waals surface area contributed by atoms with E-state index in [4.69, 9.17) is 21.3 Å². The van der Waals surface area contributed by atoms with Gasteiger partial charge in [0.1, 0.15) is 0 Å². The number of rotatable bonds is 5. The molecule has 0 spiro atoms. The predicted molar refractivity (Wildman–Crippen MR) is 108 cm³/mol. The van der Waals surface area contributed by atoms with Gasteiger partial charge in [-0.15, -0.1) is 11.8 Å². The Labute approximate surface area is 159 Å². The maximum absolute atomic E-state index is 6.47. The molecule has 3 rings (SSSR count). The molecule has 0 bridgehead atoms. The Kier molecular flexibility index (Phi) is 6.08. The van der Waals surface area contributed by atoms with Gasteiger partial charge in [0.25, 0.3) is 0 Å². The Morgan fingerprint density at radius 3 is 2.64 bits per heavy atom. The van der Waals surface area contributed by atoms with E-state index >= 15 is 0 Å². The third kappa shape index (κ3) is 4.21. The van der Waals surface area contributed by atoms with Crippen LogP contribution in [0.15, 0.2) is 41.3 Å². The number of aryl methyl sites for hydroxylation is 1. The SMILES string of the molecule is COc1nc(C(=CC2CCCC2)c2ccc(SC)c(Cl)c2)ccc1C. The second-order valence-corrected chi connectivity index (χ2v) is 7.75. The first-order chi connectivity index (χ1) is 12.1. The lowest BCUT2D eigenvalue weighted by Gasteiger charge is -2.14. The van der Waals surface area contributed by atoms with Crippen molar-refractivity contribution in [2.45, 2.75) is 37.5 Å². The number of pyridine rings is 1. The van der Waals surface area contributed by atoms with Gasteiger partial charge in [-0.2, -0.15) is 0 Å². The zero-order valence-corrected chi connectivity index (χ0v) is 16.6. The third-order valence-electron chi connectivity index (χ3n) is 4.78. The number of halogens is 1. The van der Waals surface area contributed by atoms with Gasteiger partial charge in [-0.05, 0) is 55.7 Å². The van der Waals surface area contributed by atoms with Gasteiger partial charge in [0, 0.05) is 16.0 Å². The van der Waals surface area contributed by atoms with E-state index in [1.165, 1.54) is 25.7 Å². The van der Waals surface area contributed by atoms with Gasteiger partial charge < -0.3 is 4.74 Å². The van der Waals surface area contributed by atoms with Crippen LogP contribution in [0.3, 0.4) is 0 Å². The van der Waals surface area contributed by atoms with Crippen molar-refractivity contribution in [3.05, 3.63) is 58.3 Å². The highest BCUT2D eigenvalue weighted by molar-refractivity contribution is 7.98. The van der Waals surface area contributed by atoms with Crippen LogP contribution in [0.4, 0.5) is 0 Å². The van der Waals surface area contributed by atoms with Gasteiger partial charge in [-0.3, -0.25) is 0 Å². The molecule has 0 amide bonds. The molecule has 1 aromatic heterocycles. The molecule has 132 valence electrons. The summed E-state index contributed by atoms with van der Waals surface area (Å²) in [6, 6.07) is 10.4. The first-order valence-corrected chi connectivity index (χ1v) is 10.3. The summed E-state index contributed by atoms with van der Waals surface area (Å²) in [4.78, 5) is 5.84. The van der Waals surface area contributed by atoms with E-state index in [1.54, 1.807) is 18.9 Å². The van der Waals surface area contributed by atoms with Crippen LogP contribution >= 0.6 is 23.4 Å². The molecule has 1 fully saturated rings. The summed E-state index contributed by atoms with van der Waals surface area (Å²) in [6.07, 6.45) is 9.56. The maximum atomic E-state index is 6.47. The minimum atomic E-state index is 0.614. The summed E-state index contributed by atoms with van der Waals surface area (Å²) < 4.78 is 5.43. The zero-order chi connectivity index (χ0) is 17.8. The molecule has 25 heavy (non-hydrogen) atoms. The number of allylic oxidation sites excluding steroid dienone is 1. The monoisotopic (exact) mass is 373 g/mol. The minimum absolute atomic E-state index is 0.614. The first kappa shape index (κ1) is 18.3. The normalized spacial score (nSPS) is 15.6. The number of hydrogen-bond acceptors (Lipinski definition) is 3. The van der Waals surface area contributed by atoms with Crippen molar-refractivity contribution in [1.29, 1.82) is 0 Å². The van der Waals surface area contributed by atoms with Crippen molar-refractivity contribution in [3.8, 4) is 5.88 Å². The van der Waals surface area contributed by atoms with Crippen LogP contribution in [0.25, 0.3) is 5.57 Å². The average molecular weight is 374 g/mol. The Balaban J connectivity index is 2.08. The average Bonchev–Trinajstić information content (AvgIpc) is 3.13. The Bertz CT molecular complexity index is 781. The molecule has 0 saturated heterocycles. The fraction of sp³-hybridized carbons (Fsp3) is 0.381. The van der Waals surface area contributed by atoms with E-state index in [9.17, 15) is 0 Å². The second kappa shape index (κ2) is 8.29. The maximum Gasteiger partial charge on any atom is 0.216 e. The molecule has 1 aromatic carbocycles. The molecule has 4 heteroatoms. The number of benzene rings is 1. The Hall–Kier alpha value is -1.45. The van der Waals surface area contributed by atoms with Gasteiger partial charge in [0.05, 0.1) is 17.8 Å². The molecule has 0 unspecified atom stereocenters. The standard InChI is InChI=1S/C21H24ClNOS/c1-14-8-10-19(23-21(14)24-2)17(12-15-6-4-5-7-15)16-9-11-20(25-3)18(22)13-16/h8-13,15H,4-7H2,1-3H3. The van der Waals surface area contributed by atoms with E-state index in [-0.39, 0.29) is 0 Å². The molecule has 0 aliphatic heterocycles. The number of ether oxygens (including phenoxy) is 1. The fourth-order valence-electron chi connectivity index (χ4n) is 3.39. The predicted octanol–water partition coefficient (Wildman–Crippen LogP) is 6.40. The fourth-order valence-corrected chi connectivity index (χ4v) is 4.26. The van der Waals surface area contributed by atoms with Crippen molar-refractivity contribution in [1.82, 2.24) is 4.98 Å². The molecule has 0 N–H and O–H groups in total. The summed E-state index contributed by atoms with van der Waals surface area (Å²) in [6.45, 7) is 2.01. The van der Waals surface area contributed by atoms with Crippen molar-refractivity contribution in [2.75, 3.05) is 13.4 Å². The van der Waals surface area contributed by atoms with Crippen LogP contribution in [0.1, 0.15) is 42.5 Å². The van der Waals surface area contributed by atoms with E-state index in [1.807, 2.05) is 13.2 Å². The molecule has 2 aromatic rings. The van der Waals surface area contributed by atoms with E-state index in [0.29, 0.717) is 11.8 Å². The van der Waals surface area contributed by atoms with Crippen molar-refractivity contribution < 1.29 is 4.74 Å². The summed E-state index contributed by atoms with van der Waals surface area (Å²) in [5.74, 6) is 1.30. The minimum Gasteiger partial charge on any atom is -0.481 e. The molecule has 1 aliphatic carbocycles. The zero-order valence-electron chi connectivity index (χ0n) is 15.0. The molecular formula is C21H24ClNOS. The quantitative estimate of drug-likeness (QED) is 0.566. The number of nitrogens with zero attached hydrogens (tertiary/aromatic N) is 1. The van der Waals surface area contributed by atoms with Crippen LogP contribution in [0.5, 0.6) is 5.88 Å². The lowest BCUT2D eigenvalue weighted by atomic mass is 9.96. The number of hydrogen-bond donors (Lipinski definition) is 0. The molecule has 0 radical (unpaired) electrons. The van der Waals surface area contributed by atoms with Crippen LogP contribution in [0, 0.1) is 12.8 Å². The summed E-state index contributed by atoms with van der Waals surface area (Å²) in [7, 11) is 1.67. The lowest BCUT2D eigenvalue weighted by Crippen LogP contribution is -1.99. The molecule has 1 heterocycles. The molecule has 2 nitrogen and oxygen atoms in total. The highest BCUT2D eigenvalue weighted by Gasteiger charge is 2.17. The smallest absolute Gasteiger partial charge is 0.216 e. The first-order valence-electron chi connectivity index (χ1n) is 8.70. The summed E-state index contributed by atoms with van der Waals surface area (Å²) in [5, 5.41) is 0.793. The van der Waals surface area contributed by atoms with Gasteiger partial charge >= 0.3 is 0 Å². The number of methoxy groups -OCH3 is 1. The lowest BCUT2D eigenvalue weighted by molar-refractivity contribution is 0.394. The van der Waals surface area contributed by atoms with E-state index < -0.39 is 0 Å². The van der Waals surface area contributed by atoms with Crippen molar-refractivity contribution in [3.63, 3.8) is 0 Å². The topological polar surface area (TPSA) is 22.1 Å². The van der Waals surface area contributed by atoms with E-state index in [2.05, 4.69) is 36.4 Å². The molecule has 0 atom stereocenters. The van der Waals surface area contributed by atoms with Crippen LogP contribution in [-0.4, -0.2) is 18.3 Å². The van der Waals surface area contributed by atoms with Gasteiger partial charge in [0.2, 0.25) is 5.88 Å². The number of thioether (sulfide) groups is 1. The van der Waals surface area contributed by atoms with Gasteiger partial charge in [-0.1, -0.05) is 42.7 Å². The molecular weight excluding hydrogens is 350 g/mol. The van der Waals surface area contributed by atoms with Crippen LogP contribution in [0.2, 0.25) is 5.02 Å². The second-order valence-electron chi connectivity index (χ2n) is 6.50. The third-order valence-corrected chi connectivity index (χ3v) is 6.01. The van der Waals surface area contributed by atoms with Crippen LogP contribution in [-0.2, 0) is 0 Å². The highest BCUT2D eigenvalue weighted by atomic mass is 35.5. The van der Waals surface area contributed by atoms with Gasteiger partial charge in [0.15, 0.2) is 0 Å². The summed E-state index contributed by atoms with van der Waals surface area (Å²) >= 11 is 8.13.